The Morgan fingerprint density at radius 3 is 2.89 bits per heavy atom. The lowest BCUT2D eigenvalue weighted by Crippen LogP contribution is -2.40. The van der Waals surface area contributed by atoms with Gasteiger partial charge >= 0.3 is 5.69 Å². The molecule has 2 heterocycles. The van der Waals surface area contributed by atoms with E-state index in [0.717, 1.165) is 0 Å². The monoisotopic (exact) mass is 265 g/mol. The third-order valence-electron chi connectivity index (χ3n) is 3.28. The molecule has 3 atom stereocenters. The van der Waals surface area contributed by atoms with Crippen LogP contribution in [0.3, 0.4) is 0 Å². The standard InChI is InChI=1S/C11H15N5O3/c1-6-5-16(11(18)13-10(6)17)9-4-3-8(14-15-12)7(2)19-9/h5,7-9H,3-4H2,1-2H3,(H,13,17,18)/t7-,8-,9+/m0/s1. The van der Waals surface area contributed by atoms with E-state index in [1.54, 1.807) is 13.8 Å². The molecule has 0 amide bonds. The van der Waals surface area contributed by atoms with E-state index in [1.165, 1.54) is 10.8 Å². The molecule has 0 unspecified atom stereocenters. The Morgan fingerprint density at radius 1 is 1.53 bits per heavy atom. The fourth-order valence-electron chi connectivity index (χ4n) is 2.18. The molecule has 0 saturated carbocycles. The molecular formula is C11H15N5O3. The molecule has 1 aliphatic heterocycles. The van der Waals surface area contributed by atoms with Crippen molar-refractivity contribution in [1.82, 2.24) is 9.55 Å². The topological polar surface area (TPSA) is 113 Å². The highest BCUT2D eigenvalue weighted by Crippen LogP contribution is 2.27. The van der Waals surface area contributed by atoms with E-state index < -0.39 is 17.5 Å². The van der Waals surface area contributed by atoms with Crippen LogP contribution in [0.1, 0.15) is 31.6 Å². The molecule has 1 N–H and O–H groups in total. The second kappa shape index (κ2) is 5.29. The molecule has 102 valence electrons. The van der Waals surface area contributed by atoms with Crippen molar-refractivity contribution in [2.24, 2.45) is 5.11 Å². The molecule has 0 aliphatic carbocycles. The van der Waals surface area contributed by atoms with Crippen LogP contribution in [0, 0.1) is 6.92 Å². The Morgan fingerprint density at radius 2 is 2.26 bits per heavy atom. The van der Waals surface area contributed by atoms with Crippen LogP contribution in [0.25, 0.3) is 10.4 Å². The predicted molar refractivity (Wildman–Crippen MR) is 67.8 cm³/mol. The Labute approximate surface area is 108 Å². The Kier molecular flexibility index (Phi) is 3.73. The minimum atomic E-state index is -0.491. The van der Waals surface area contributed by atoms with Crippen LogP contribution in [-0.2, 0) is 4.74 Å². The first-order valence-corrected chi connectivity index (χ1v) is 6.04. The number of aryl methyl sites for hydroxylation is 1. The number of azide groups is 1. The second-order valence-corrected chi connectivity index (χ2v) is 4.62. The van der Waals surface area contributed by atoms with Crippen LogP contribution in [0.4, 0.5) is 0 Å². The average Bonchev–Trinajstić information content (AvgIpc) is 2.36. The number of nitrogens with one attached hydrogen (secondary N) is 1. The summed E-state index contributed by atoms with van der Waals surface area (Å²) < 4.78 is 7.06. The highest BCUT2D eigenvalue weighted by Gasteiger charge is 2.29. The zero-order valence-electron chi connectivity index (χ0n) is 10.7. The van der Waals surface area contributed by atoms with Gasteiger partial charge in [-0.3, -0.25) is 14.3 Å². The van der Waals surface area contributed by atoms with E-state index >= 15 is 0 Å². The first kappa shape index (κ1) is 13.4. The number of ether oxygens (including phenoxy) is 1. The van der Waals surface area contributed by atoms with Crippen molar-refractivity contribution in [3.63, 3.8) is 0 Å². The highest BCUT2D eigenvalue weighted by atomic mass is 16.5. The highest BCUT2D eigenvalue weighted by molar-refractivity contribution is 5.01. The molecule has 1 aromatic heterocycles. The van der Waals surface area contributed by atoms with Gasteiger partial charge in [0.2, 0.25) is 0 Å². The number of nitrogens with zero attached hydrogens (tertiary/aromatic N) is 4. The molecular weight excluding hydrogens is 250 g/mol. The van der Waals surface area contributed by atoms with Crippen molar-refractivity contribution >= 4 is 0 Å². The minimum absolute atomic E-state index is 0.221. The lowest BCUT2D eigenvalue weighted by Gasteiger charge is -2.33. The zero-order chi connectivity index (χ0) is 14.0. The largest absolute Gasteiger partial charge is 0.355 e. The van der Waals surface area contributed by atoms with Crippen molar-refractivity contribution in [2.45, 2.75) is 45.1 Å². The van der Waals surface area contributed by atoms with Crippen molar-refractivity contribution in [3.8, 4) is 0 Å². The number of hydrogen-bond acceptors (Lipinski definition) is 4. The van der Waals surface area contributed by atoms with Gasteiger partial charge in [-0.05, 0) is 32.2 Å². The van der Waals surface area contributed by atoms with E-state index in [9.17, 15) is 9.59 Å². The molecule has 0 bridgehead atoms. The molecule has 1 aromatic rings. The number of aromatic amines is 1. The normalized spacial score (nSPS) is 26.7. The predicted octanol–water partition coefficient (Wildman–Crippen LogP) is 1.22. The van der Waals surface area contributed by atoms with Crippen LogP contribution >= 0.6 is 0 Å². The lowest BCUT2D eigenvalue weighted by atomic mass is 10.0. The molecule has 8 heteroatoms. The number of aromatic nitrogens is 2. The summed E-state index contributed by atoms with van der Waals surface area (Å²) in [5.41, 5.74) is 8.01. The third kappa shape index (κ3) is 2.69. The molecule has 1 aliphatic rings. The quantitative estimate of drug-likeness (QED) is 0.492. The van der Waals surface area contributed by atoms with Gasteiger partial charge in [0.25, 0.3) is 5.56 Å². The van der Waals surface area contributed by atoms with Gasteiger partial charge in [-0.2, -0.15) is 0 Å². The summed E-state index contributed by atoms with van der Waals surface area (Å²) in [6, 6.07) is -0.221. The first-order valence-electron chi connectivity index (χ1n) is 6.04. The molecule has 0 radical (unpaired) electrons. The van der Waals surface area contributed by atoms with Crippen LogP contribution in [-0.4, -0.2) is 21.7 Å². The molecule has 19 heavy (non-hydrogen) atoms. The molecule has 8 nitrogen and oxygen atoms in total. The van der Waals surface area contributed by atoms with Gasteiger partial charge in [0.1, 0.15) is 6.23 Å². The molecule has 2 rings (SSSR count). The van der Waals surface area contributed by atoms with Gasteiger partial charge < -0.3 is 4.74 Å². The van der Waals surface area contributed by atoms with Crippen molar-refractivity contribution in [1.29, 1.82) is 0 Å². The third-order valence-corrected chi connectivity index (χ3v) is 3.28. The second-order valence-electron chi connectivity index (χ2n) is 4.62. The van der Waals surface area contributed by atoms with Gasteiger partial charge in [-0.25, -0.2) is 4.79 Å². The van der Waals surface area contributed by atoms with E-state index in [4.69, 9.17) is 10.3 Å². The summed E-state index contributed by atoms with van der Waals surface area (Å²) in [7, 11) is 0. The van der Waals surface area contributed by atoms with Crippen LogP contribution in [0.5, 0.6) is 0 Å². The summed E-state index contributed by atoms with van der Waals surface area (Å²) in [4.78, 5) is 28.1. The Bertz CT molecular complexity index is 628. The molecule has 0 spiro atoms. The van der Waals surface area contributed by atoms with Crippen LogP contribution < -0.4 is 11.2 Å². The maximum atomic E-state index is 11.8. The van der Waals surface area contributed by atoms with Gasteiger partial charge in [0.05, 0.1) is 12.1 Å². The van der Waals surface area contributed by atoms with E-state index in [1.807, 2.05) is 0 Å². The molecule has 0 aromatic carbocycles. The maximum Gasteiger partial charge on any atom is 0.330 e. The molecule has 1 fully saturated rings. The van der Waals surface area contributed by atoms with Crippen LogP contribution in [0.2, 0.25) is 0 Å². The summed E-state index contributed by atoms with van der Waals surface area (Å²) in [5.74, 6) is 0. The maximum absolute atomic E-state index is 11.8. The fraction of sp³-hybridized carbons (Fsp3) is 0.636. The molecule has 1 saturated heterocycles. The smallest absolute Gasteiger partial charge is 0.330 e. The summed E-state index contributed by atoms with van der Waals surface area (Å²) in [6.45, 7) is 3.43. The number of rotatable bonds is 2. The van der Waals surface area contributed by atoms with E-state index in [0.29, 0.717) is 18.4 Å². The number of hydrogen-bond donors (Lipinski definition) is 1. The van der Waals surface area contributed by atoms with Crippen molar-refractivity contribution < 1.29 is 4.74 Å². The Hall–Kier alpha value is -2.05. The van der Waals surface area contributed by atoms with Crippen LogP contribution in [0.15, 0.2) is 20.9 Å². The van der Waals surface area contributed by atoms with Crippen molar-refractivity contribution in [3.05, 3.63) is 43.0 Å². The summed E-state index contributed by atoms with van der Waals surface area (Å²) >= 11 is 0. The van der Waals surface area contributed by atoms with E-state index in [-0.39, 0.29) is 12.1 Å². The van der Waals surface area contributed by atoms with Gasteiger partial charge in [0, 0.05) is 16.7 Å². The summed E-state index contributed by atoms with van der Waals surface area (Å²) in [5, 5.41) is 3.66. The van der Waals surface area contributed by atoms with E-state index in [2.05, 4.69) is 15.0 Å². The average molecular weight is 265 g/mol. The fourth-order valence-corrected chi connectivity index (χ4v) is 2.18. The zero-order valence-corrected chi connectivity index (χ0v) is 10.7. The Balaban J connectivity index is 2.26. The van der Waals surface area contributed by atoms with Gasteiger partial charge in [-0.15, -0.1) is 0 Å². The van der Waals surface area contributed by atoms with Crippen molar-refractivity contribution in [2.75, 3.05) is 0 Å². The SMILES string of the molecule is Cc1cn([C@H]2CC[C@H](N=[N+]=[N-])[C@H](C)O2)c(=O)[nH]c1=O. The summed E-state index contributed by atoms with van der Waals surface area (Å²) in [6.07, 6.45) is 1.98. The first-order chi connectivity index (χ1) is 9.02. The minimum Gasteiger partial charge on any atom is -0.355 e. The number of H-pyrrole nitrogens is 1. The van der Waals surface area contributed by atoms with Gasteiger partial charge in [0.15, 0.2) is 0 Å². The van der Waals surface area contributed by atoms with Gasteiger partial charge in [-0.1, -0.05) is 5.11 Å². The lowest BCUT2D eigenvalue weighted by molar-refractivity contribution is -0.0922.